The lowest BCUT2D eigenvalue weighted by atomic mass is 10.2. The smallest absolute Gasteiger partial charge is 0.231 e. The molecule has 92 valence electrons. The molecule has 0 radical (unpaired) electrons. The molecule has 0 unspecified atom stereocenters. The Morgan fingerprint density at radius 3 is 2.72 bits per heavy atom. The van der Waals surface area contributed by atoms with Gasteiger partial charge in [0.2, 0.25) is 6.79 Å². The molecule has 0 aromatic heterocycles. The van der Waals surface area contributed by atoms with Crippen LogP contribution in [-0.2, 0) is 6.61 Å². The number of ether oxygens (including phenoxy) is 3. The maximum absolute atomic E-state index is 5.81. The molecule has 18 heavy (non-hydrogen) atoms. The van der Waals surface area contributed by atoms with Crippen molar-refractivity contribution in [2.24, 2.45) is 0 Å². The number of hydrogen-bond donors (Lipinski definition) is 0. The van der Waals surface area contributed by atoms with Crippen LogP contribution in [0.5, 0.6) is 17.2 Å². The van der Waals surface area contributed by atoms with Gasteiger partial charge in [0.25, 0.3) is 0 Å². The second kappa shape index (κ2) is 4.61. The monoisotopic (exact) mass is 242 g/mol. The van der Waals surface area contributed by atoms with Crippen molar-refractivity contribution in [3.8, 4) is 17.2 Å². The zero-order valence-electron chi connectivity index (χ0n) is 10.2. The normalized spacial score (nSPS) is 12.5. The molecule has 0 amide bonds. The standard InChI is InChI=1S/C15H14O3/c1-11-13(7-8-14-15(11)18-10-17-14)16-9-12-5-3-2-4-6-12/h2-8H,9-10H2,1H3. The number of rotatable bonds is 3. The van der Waals surface area contributed by atoms with E-state index in [1.807, 2.05) is 49.4 Å². The van der Waals surface area contributed by atoms with Crippen LogP contribution in [-0.4, -0.2) is 6.79 Å². The minimum atomic E-state index is 0.290. The van der Waals surface area contributed by atoms with E-state index in [2.05, 4.69) is 0 Å². The third-order valence-electron chi connectivity index (χ3n) is 2.97. The molecule has 1 heterocycles. The summed E-state index contributed by atoms with van der Waals surface area (Å²) in [5.74, 6) is 2.42. The summed E-state index contributed by atoms with van der Waals surface area (Å²) in [4.78, 5) is 0. The van der Waals surface area contributed by atoms with Gasteiger partial charge in [-0.25, -0.2) is 0 Å². The van der Waals surface area contributed by atoms with Crippen LogP contribution in [0.4, 0.5) is 0 Å². The van der Waals surface area contributed by atoms with E-state index in [9.17, 15) is 0 Å². The van der Waals surface area contributed by atoms with Gasteiger partial charge >= 0.3 is 0 Å². The van der Waals surface area contributed by atoms with Crippen LogP contribution in [0.15, 0.2) is 42.5 Å². The van der Waals surface area contributed by atoms with Gasteiger partial charge in [-0.3, -0.25) is 0 Å². The fourth-order valence-electron chi connectivity index (χ4n) is 1.99. The molecule has 1 aliphatic rings. The summed E-state index contributed by atoms with van der Waals surface area (Å²) in [6.45, 7) is 2.83. The Bertz CT molecular complexity index is 549. The van der Waals surface area contributed by atoms with E-state index in [-0.39, 0.29) is 6.79 Å². The second-order valence-electron chi connectivity index (χ2n) is 4.20. The molecule has 0 spiro atoms. The van der Waals surface area contributed by atoms with Crippen molar-refractivity contribution >= 4 is 0 Å². The molecule has 2 aromatic carbocycles. The summed E-state index contributed by atoms with van der Waals surface area (Å²) in [6.07, 6.45) is 0. The third-order valence-corrected chi connectivity index (χ3v) is 2.97. The fraction of sp³-hybridized carbons (Fsp3) is 0.200. The van der Waals surface area contributed by atoms with E-state index in [4.69, 9.17) is 14.2 Å². The predicted octanol–water partition coefficient (Wildman–Crippen LogP) is 3.30. The summed E-state index contributed by atoms with van der Waals surface area (Å²) in [7, 11) is 0. The first kappa shape index (κ1) is 11.0. The maximum atomic E-state index is 5.81. The van der Waals surface area contributed by atoms with Gasteiger partial charge in [-0.1, -0.05) is 30.3 Å². The van der Waals surface area contributed by atoms with Crippen molar-refractivity contribution in [1.29, 1.82) is 0 Å². The molecular formula is C15H14O3. The van der Waals surface area contributed by atoms with Crippen LogP contribution >= 0.6 is 0 Å². The van der Waals surface area contributed by atoms with E-state index in [1.165, 1.54) is 0 Å². The number of fused-ring (bicyclic) bond motifs is 1. The molecule has 0 saturated heterocycles. The van der Waals surface area contributed by atoms with Crippen LogP contribution in [0, 0.1) is 6.92 Å². The topological polar surface area (TPSA) is 27.7 Å². The third kappa shape index (κ3) is 1.99. The number of hydrogen-bond acceptors (Lipinski definition) is 3. The highest BCUT2D eigenvalue weighted by atomic mass is 16.7. The van der Waals surface area contributed by atoms with Gasteiger partial charge in [0.1, 0.15) is 12.4 Å². The van der Waals surface area contributed by atoms with Gasteiger partial charge in [0.15, 0.2) is 11.5 Å². The SMILES string of the molecule is Cc1c(OCc2ccccc2)ccc2c1OCO2. The first-order chi connectivity index (χ1) is 8.84. The van der Waals surface area contributed by atoms with Crippen molar-refractivity contribution in [2.75, 3.05) is 6.79 Å². The number of benzene rings is 2. The largest absolute Gasteiger partial charge is 0.488 e. The molecule has 0 saturated carbocycles. The van der Waals surface area contributed by atoms with Gasteiger partial charge in [0.05, 0.1) is 0 Å². The van der Waals surface area contributed by atoms with Crippen LogP contribution in [0.1, 0.15) is 11.1 Å². The molecule has 3 rings (SSSR count). The van der Waals surface area contributed by atoms with Crippen LogP contribution in [0.3, 0.4) is 0 Å². The van der Waals surface area contributed by atoms with Crippen molar-refractivity contribution in [2.45, 2.75) is 13.5 Å². The van der Waals surface area contributed by atoms with Crippen LogP contribution in [0.25, 0.3) is 0 Å². The molecule has 3 nitrogen and oxygen atoms in total. The Kier molecular flexibility index (Phi) is 2.81. The Balaban J connectivity index is 1.78. The Morgan fingerprint density at radius 2 is 1.89 bits per heavy atom. The molecule has 0 aliphatic carbocycles. The molecule has 0 atom stereocenters. The molecule has 0 N–H and O–H groups in total. The fourth-order valence-corrected chi connectivity index (χ4v) is 1.99. The molecular weight excluding hydrogens is 228 g/mol. The lowest BCUT2D eigenvalue weighted by molar-refractivity contribution is 0.173. The molecule has 1 aliphatic heterocycles. The summed E-state index contributed by atoms with van der Waals surface area (Å²) in [6, 6.07) is 13.9. The van der Waals surface area contributed by atoms with Crippen molar-refractivity contribution in [1.82, 2.24) is 0 Å². The van der Waals surface area contributed by atoms with E-state index >= 15 is 0 Å². The van der Waals surface area contributed by atoms with Crippen LogP contribution in [0.2, 0.25) is 0 Å². The van der Waals surface area contributed by atoms with E-state index < -0.39 is 0 Å². The Hall–Kier alpha value is -2.16. The predicted molar refractivity (Wildman–Crippen MR) is 68.1 cm³/mol. The van der Waals surface area contributed by atoms with Gasteiger partial charge in [-0.15, -0.1) is 0 Å². The van der Waals surface area contributed by atoms with E-state index in [0.29, 0.717) is 6.61 Å². The van der Waals surface area contributed by atoms with Crippen molar-refractivity contribution < 1.29 is 14.2 Å². The lowest BCUT2D eigenvalue weighted by Gasteiger charge is -2.10. The summed E-state index contributed by atoms with van der Waals surface area (Å²) < 4.78 is 16.6. The minimum Gasteiger partial charge on any atom is -0.488 e. The first-order valence-electron chi connectivity index (χ1n) is 5.90. The van der Waals surface area contributed by atoms with Gasteiger partial charge in [0, 0.05) is 5.56 Å². The summed E-state index contributed by atoms with van der Waals surface area (Å²) in [5, 5.41) is 0. The molecule has 0 bridgehead atoms. The quantitative estimate of drug-likeness (QED) is 0.826. The van der Waals surface area contributed by atoms with Gasteiger partial charge in [-0.2, -0.15) is 0 Å². The van der Waals surface area contributed by atoms with Gasteiger partial charge < -0.3 is 14.2 Å². The van der Waals surface area contributed by atoms with Crippen molar-refractivity contribution in [3.63, 3.8) is 0 Å². The first-order valence-corrected chi connectivity index (χ1v) is 5.90. The summed E-state index contributed by atoms with van der Waals surface area (Å²) >= 11 is 0. The lowest BCUT2D eigenvalue weighted by Crippen LogP contribution is -1.97. The van der Waals surface area contributed by atoms with Crippen molar-refractivity contribution in [3.05, 3.63) is 53.6 Å². The van der Waals surface area contributed by atoms with E-state index in [0.717, 1.165) is 28.4 Å². The highest BCUT2D eigenvalue weighted by Gasteiger charge is 2.18. The van der Waals surface area contributed by atoms with Crippen LogP contribution < -0.4 is 14.2 Å². The minimum absolute atomic E-state index is 0.290. The summed E-state index contributed by atoms with van der Waals surface area (Å²) in [5.41, 5.74) is 2.13. The average molecular weight is 242 g/mol. The van der Waals surface area contributed by atoms with E-state index in [1.54, 1.807) is 0 Å². The second-order valence-corrected chi connectivity index (χ2v) is 4.20. The zero-order chi connectivity index (χ0) is 12.4. The Labute approximate surface area is 106 Å². The maximum Gasteiger partial charge on any atom is 0.231 e. The highest BCUT2D eigenvalue weighted by Crippen LogP contribution is 2.40. The molecule has 2 aromatic rings. The molecule has 3 heteroatoms. The Morgan fingerprint density at radius 1 is 1.06 bits per heavy atom. The highest BCUT2D eigenvalue weighted by molar-refractivity contribution is 5.54. The zero-order valence-corrected chi connectivity index (χ0v) is 10.2. The van der Waals surface area contributed by atoms with Gasteiger partial charge in [-0.05, 0) is 24.6 Å². The molecule has 0 fully saturated rings. The average Bonchev–Trinajstić information content (AvgIpc) is 2.88.